The third-order valence-corrected chi connectivity index (χ3v) is 4.56. The Hall–Kier alpha value is -1.68. The number of aryl methyl sites for hydroxylation is 1. The summed E-state index contributed by atoms with van der Waals surface area (Å²) in [5.41, 5.74) is 2.20. The molecule has 118 valence electrons. The molecule has 1 saturated carbocycles. The first-order valence-corrected chi connectivity index (χ1v) is 8.32. The van der Waals surface area contributed by atoms with Crippen LogP contribution in [0.2, 0.25) is 0 Å². The van der Waals surface area contributed by atoms with Crippen molar-refractivity contribution in [3.8, 4) is 11.5 Å². The van der Waals surface area contributed by atoms with E-state index in [-0.39, 0.29) is 0 Å². The van der Waals surface area contributed by atoms with Gasteiger partial charge in [0.05, 0.1) is 6.54 Å². The smallest absolute Gasteiger partial charge is 0.247 e. The minimum atomic E-state index is 0.618. The molecule has 0 aliphatic heterocycles. The Morgan fingerprint density at radius 3 is 2.64 bits per heavy atom. The fourth-order valence-corrected chi connectivity index (χ4v) is 3.25. The van der Waals surface area contributed by atoms with E-state index in [1.165, 1.54) is 44.1 Å². The molecule has 0 radical (unpaired) electrons. The molecule has 0 bridgehead atoms. The van der Waals surface area contributed by atoms with Crippen molar-refractivity contribution < 1.29 is 4.42 Å². The van der Waals surface area contributed by atoms with Crippen LogP contribution >= 0.6 is 0 Å². The highest BCUT2D eigenvalue weighted by Crippen LogP contribution is 2.23. The standard InChI is InChI=1S/C18H25N3O/c1-14-8-7-9-15(12-14)18-20-19-17(22-18)13-21(2)16-10-5-3-4-6-11-16/h7-9,12,16H,3-6,10-11,13H2,1-2H3. The van der Waals surface area contributed by atoms with Gasteiger partial charge in [-0.3, -0.25) is 4.90 Å². The Morgan fingerprint density at radius 2 is 1.91 bits per heavy atom. The molecule has 1 aromatic heterocycles. The van der Waals surface area contributed by atoms with Crippen LogP contribution in [-0.4, -0.2) is 28.2 Å². The molecular weight excluding hydrogens is 274 g/mol. The molecular formula is C18H25N3O. The van der Waals surface area contributed by atoms with Crippen molar-refractivity contribution in [3.63, 3.8) is 0 Å². The lowest BCUT2D eigenvalue weighted by Crippen LogP contribution is -2.30. The number of aromatic nitrogens is 2. The summed E-state index contributed by atoms with van der Waals surface area (Å²) in [7, 11) is 2.17. The van der Waals surface area contributed by atoms with Crippen molar-refractivity contribution >= 4 is 0 Å². The van der Waals surface area contributed by atoms with E-state index in [9.17, 15) is 0 Å². The van der Waals surface area contributed by atoms with Gasteiger partial charge in [0.2, 0.25) is 11.8 Å². The third kappa shape index (κ3) is 3.74. The highest BCUT2D eigenvalue weighted by Gasteiger charge is 2.19. The number of nitrogens with zero attached hydrogens (tertiary/aromatic N) is 3. The molecule has 0 saturated heterocycles. The average Bonchev–Trinajstić information content (AvgIpc) is 2.80. The van der Waals surface area contributed by atoms with Crippen molar-refractivity contribution in [2.45, 2.75) is 58.0 Å². The van der Waals surface area contributed by atoms with Gasteiger partial charge in [-0.05, 0) is 38.9 Å². The summed E-state index contributed by atoms with van der Waals surface area (Å²) in [5, 5.41) is 8.42. The first-order valence-electron chi connectivity index (χ1n) is 8.32. The lowest BCUT2D eigenvalue weighted by Gasteiger charge is -2.25. The zero-order valence-electron chi connectivity index (χ0n) is 13.6. The maximum atomic E-state index is 5.85. The molecule has 0 unspecified atom stereocenters. The molecule has 0 N–H and O–H groups in total. The monoisotopic (exact) mass is 299 g/mol. The lowest BCUT2D eigenvalue weighted by atomic mass is 10.1. The maximum absolute atomic E-state index is 5.85. The maximum Gasteiger partial charge on any atom is 0.247 e. The predicted molar refractivity (Wildman–Crippen MR) is 87.4 cm³/mol. The number of hydrogen-bond acceptors (Lipinski definition) is 4. The second kappa shape index (κ2) is 7.05. The minimum Gasteiger partial charge on any atom is -0.419 e. The van der Waals surface area contributed by atoms with Gasteiger partial charge in [0.15, 0.2) is 0 Å². The molecule has 0 spiro atoms. The Morgan fingerprint density at radius 1 is 1.14 bits per heavy atom. The van der Waals surface area contributed by atoms with Gasteiger partial charge in [-0.2, -0.15) is 0 Å². The van der Waals surface area contributed by atoms with Crippen LogP contribution in [0.15, 0.2) is 28.7 Å². The molecule has 0 atom stereocenters. The van der Waals surface area contributed by atoms with E-state index in [0.29, 0.717) is 17.8 Å². The molecule has 22 heavy (non-hydrogen) atoms. The van der Waals surface area contributed by atoms with Gasteiger partial charge in [-0.15, -0.1) is 10.2 Å². The molecule has 1 aliphatic rings. The summed E-state index contributed by atoms with van der Waals surface area (Å²) in [5.74, 6) is 1.33. The average molecular weight is 299 g/mol. The Kier molecular flexibility index (Phi) is 4.88. The van der Waals surface area contributed by atoms with Crippen LogP contribution in [-0.2, 0) is 6.54 Å². The van der Waals surface area contributed by atoms with E-state index in [1.807, 2.05) is 12.1 Å². The number of hydrogen-bond donors (Lipinski definition) is 0. The lowest BCUT2D eigenvalue weighted by molar-refractivity contribution is 0.195. The van der Waals surface area contributed by atoms with Gasteiger partial charge in [0.25, 0.3) is 0 Å². The van der Waals surface area contributed by atoms with Gasteiger partial charge in [0.1, 0.15) is 0 Å². The van der Waals surface area contributed by atoms with E-state index in [1.54, 1.807) is 0 Å². The van der Waals surface area contributed by atoms with Crippen LogP contribution in [0.3, 0.4) is 0 Å². The van der Waals surface area contributed by atoms with Crippen molar-refractivity contribution in [2.75, 3.05) is 7.05 Å². The molecule has 1 aliphatic carbocycles. The van der Waals surface area contributed by atoms with Crippen molar-refractivity contribution in [1.29, 1.82) is 0 Å². The van der Waals surface area contributed by atoms with E-state index in [0.717, 1.165) is 12.1 Å². The van der Waals surface area contributed by atoms with Crippen LogP contribution in [0, 0.1) is 6.92 Å². The summed E-state index contributed by atoms with van der Waals surface area (Å²) >= 11 is 0. The van der Waals surface area contributed by atoms with Crippen LogP contribution < -0.4 is 0 Å². The Labute approximate surface area is 132 Å². The van der Waals surface area contributed by atoms with Crippen molar-refractivity contribution in [1.82, 2.24) is 15.1 Å². The topological polar surface area (TPSA) is 42.2 Å². The van der Waals surface area contributed by atoms with Gasteiger partial charge < -0.3 is 4.42 Å². The third-order valence-electron chi connectivity index (χ3n) is 4.56. The van der Waals surface area contributed by atoms with E-state index in [2.05, 4.69) is 41.2 Å². The van der Waals surface area contributed by atoms with Crippen LogP contribution in [0.25, 0.3) is 11.5 Å². The Bertz CT molecular complexity index is 600. The first kappa shape index (κ1) is 15.2. The van der Waals surface area contributed by atoms with Gasteiger partial charge >= 0.3 is 0 Å². The molecule has 1 aromatic carbocycles. The zero-order chi connectivity index (χ0) is 15.4. The molecule has 2 aromatic rings. The second-order valence-electron chi connectivity index (χ2n) is 6.43. The molecule has 1 fully saturated rings. The van der Waals surface area contributed by atoms with Crippen molar-refractivity contribution in [3.05, 3.63) is 35.7 Å². The summed E-state index contributed by atoms with van der Waals surface area (Å²) < 4.78 is 5.85. The van der Waals surface area contributed by atoms with Crippen LogP contribution in [0.5, 0.6) is 0 Å². The molecule has 1 heterocycles. The molecule has 4 nitrogen and oxygen atoms in total. The normalized spacial score (nSPS) is 16.9. The summed E-state index contributed by atoms with van der Waals surface area (Å²) in [6, 6.07) is 8.83. The fraction of sp³-hybridized carbons (Fsp3) is 0.556. The fourth-order valence-electron chi connectivity index (χ4n) is 3.25. The van der Waals surface area contributed by atoms with Gasteiger partial charge in [-0.1, -0.05) is 43.4 Å². The van der Waals surface area contributed by atoms with E-state index < -0.39 is 0 Å². The second-order valence-corrected chi connectivity index (χ2v) is 6.43. The van der Waals surface area contributed by atoms with Gasteiger partial charge in [-0.25, -0.2) is 0 Å². The molecule has 4 heteroatoms. The largest absolute Gasteiger partial charge is 0.419 e. The number of benzene rings is 1. The van der Waals surface area contributed by atoms with E-state index >= 15 is 0 Å². The minimum absolute atomic E-state index is 0.618. The van der Waals surface area contributed by atoms with Crippen LogP contribution in [0.4, 0.5) is 0 Å². The highest BCUT2D eigenvalue weighted by atomic mass is 16.4. The summed E-state index contributed by atoms with van der Waals surface area (Å²) in [6.45, 7) is 2.81. The van der Waals surface area contributed by atoms with Gasteiger partial charge in [0, 0.05) is 11.6 Å². The highest BCUT2D eigenvalue weighted by molar-refractivity contribution is 5.53. The SMILES string of the molecule is Cc1cccc(-c2nnc(CN(C)C3CCCCCC3)o2)c1. The quantitative estimate of drug-likeness (QED) is 0.793. The molecule has 3 rings (SSSR count). The van der Waals surface area contributed by atoms with Crippen LogP contribution in [0.1, 0.15) is 50.0 Å². The predicted octanol–water partition coefficient (Wildman–Crippen LogP) is 4.20. The summed E-state index contributed by atoms with van der Waals surface area (Å²) in [6.07, 6.45) is 8.01. The zero-order valence-corrected chi connectivity index (χ0v) is 13.6. The Balaban J connectivity index is 1.66. The van der Waals surface area contributed by atoms with Crippen molar-refractivity contribution in [2.24, 2.45) is 0 Å². The molecule has 0 amide bonds. The first-order chi connectivity index (χ1) is 10.7. The summed E-state index contributed by atoms with van der Waals surface area (Å²) in [4.78, 5) is 2.37. The van der Waals surface area contributed by atoms with E-state index in [4.69, 9.17) is 4.42 Å². The number of rotatable bonds is 4.